The van der Waals surface area contributed by atoms with Crippen molar-refractivity contribution in [1.29, 1.82) is 0 Å². The number of hydrogen-bond acceptors (Lipinski definition) is 22. The molecule has 32 heteroatoms. The van der Waals surface area contributed by atoms with Crippen molar-refractivity contribution in [2.24, 2.45) is 0 Å². The van der Waals surface area contributed by atoms with E-state index >= 15 is 0 Å². The molecule has 0 atom stereocenters. The molecule has 8 amide bonds. The molecular formula is C54H104N18O14. The van der Waals surface area contributed by atoms with Gasteiger partial charge in [0.1, 0.15) is 0 Å². The number of ether oxygens (including phenoxy) is 2. The lowest BCUT2D eigenvalue weighted by molar-refractivity contribution is -0.140. The molecule has 2 aliphatic heterocycles. The maximum Gasteiger partial charge on any atom is 0.317 e. The molecule has 0 aromatic rings. The number of carbonyl (C=O) groups excluding carboxylic acids is 8. The summed E-state index contributed by atoms with van der Waals surface area (Å²) in [6, 6.07) is 0. The summed E-state index contributed by atoms with van der Waals surface area (Å²) in [6.07, 6.45) is 1.16. The highest BCUT2D eigenvalue weighted by Crippen LogP contribution is 2.05. The average molecular weight is 1230 g/mol. The minimum Gasteiger partial charge on any atom is -0.480 e. The van der Waals surface area contributed by atoms with E-state index in [1.807, 2.05) is 29.4 Å². The van der Waals surface area contributed by atoms with E-state index < -0.39 is 11.9 Å². The fourth-order valence-corrected chi connectivity index (χ4v) is 9.34. The van der Waals surface area contributed by atoms with E-state index in [9.17, 15) is 58.2 Å². The molecule has 2 aliphatic rings. The van der Waals surface area contributed by atoms with Crippen molar-refractivity contribution in [1.82, 2.24) is 91.5 Å². The van der Waals surface area contributed by atoms with Crippen LogP contribution < -0.4 is 42.5 Å². The predicted octanol–water partition coefficient (Wildman–Crippen LogP) is -8.28. The smallest absolute Gasteiger partial charge is 0.317 e. The Hall–Kier alpha value is -5.78. The van der Waals surface area contributed by atoms with Crippen LogP contribution in [0.1, 0.15) is 12.8 Å². The van der Waals surface area contributed by atoms with Crippen LogP contribution in [0, 0.1) is 0 Å². The van der Waals surface area contributed by atoms with Gasteiger partial charge in [-0.2, -0.15) is 0 Å². The fraction of sp³-hybridized carbons (Fsp3) is 0.815. The van der Waals surface area contributed by atoms with Gasteiger partial charge in [-0.3, -0.25) is 87.1 Å². The summed E-state index contributed by atoms with van der Waals surface area (Å²) in [5, 5.41) is 41.0. The van der Waals surface area contributed by atoms with Gasteiger partial charge < -0.3 is 72.0 Å². The van der Waals surface area contributed by atoms with E-state index in [0.29, 0.717) is 144 Å². The fourth-order valence-electron chi connectivity index (χ4n) is 9.34. The molecule has 0 spiro atoms. The molecule has 10 N–H and O–H groups in total. The van der Waals surface area contributed by atoms with Crippen LogP contribution >= 0.6 is 0 Å². The van der Waals surface area contributed by atoms with E-state index in [2.05, 4.69) is 52.3 Å². The standard InChI is InChI=1S/C54H104N18O14/c1-55-45(73)35-65-17-13-63(14-18-66(36-46(74)56-2)22-26-69(25-21-65)39-49(77)59-5)11-7-9-61-51(79)41-71(43-53(81)82)29-31-85-33-34-86-32-30-72(44-54(83)84)42-52(80)62-10-8-12-64-15-19-67(37-47(75)57-3)23-27-70(40-50(78)60-6)28-24-68(20-16-64)38-48(76)58-4/h7-44H2,1-6H3,(H,55,73)(H,56,74)(H,57,75)(H,58,76)(H,59,77)(H,60,78)(H,61,79)(H,62,80)(H,81,82)(H,83,84). The van der Waals surface area contributed by atoms with Gasteiger partial charge in [0, 0.05) is 173 Å². The third kappa shape index (κ3) is 37.7. The van der Waals surface area contributed by atoms with Crippen molar-refractivity contribution in [2.45, 2.75) is 12.8 Å². The highest BCUT2D eigenvalue weighted by molar-refractivity contribution is 5.81. The maximum atomic E-state index is 13.1. The lowest BCUT2D eigenvalue weighted by Crippen LogP contribution is -2.50. The first-order valence-corrected chi connectivity index (χ1v) is 29.9. The zero-order valence-corrected chi connectivity index (χ0v) is 52.1. The Morgan fingerprint density at radius 1 is 0.326 bits per heavy atom. The number of likely N-dealkylation sites (N-methyl/N-ethyl adjacent to an activating group) is 6. The van der Waals surface area contributed by atoms with Gasteiger partial charge in [-0.15, -0.1) is 0 Å². The zero-order chi connectivity index (χ0) is 63.5. The quantitative estimate of drug-likeness (QED) is 0.0258. The molecule has 86 heavy (non-hydrogen) atoms. The molecule has 2 heterocycles. The first kappa shape index (κ1) is 76.3. The molecule has 2 fully saturated rings. The Morgan fingerprint density at radius 2 is 0.547 bits per heavy atom. The van der Waals surface area contributed by atoms with Crippen LogP contribution in [0.25, 0.3) is 0 Å². The van der Waals surface area contributed by atoms with Crippen LogP contribution in [-0.4, -0.2) is 397 Å². The molecule has 0 aromatic heterocycles. The molecule has 0 unspecified atom stereocenters. The second kappa shape index (κ2) is 46.4. The Morgan fingerprint density at radius 3 is 0.756 bits per heavy atom. The Labute approximate surface area is 507 Å². The summed E-state index contributed by atoms with van der Waals surface area (Å²) >= 11 is 0. The lowest BCUT2D eigenvalue weighted by atomic mass is 10.3. The van der Waals surface area contributed by atoms with Gasteiger partial charge in [-0.05, 0) is 25.9 Å². The van der Waals surface area contributed by atoms with Crippen LogP contribution in [-0.2, 0) is 57.4 Å². The number of carboxylic acid groups (broad SMARTS) is 2. The number of nitrogens with zero attached hydrogens (tertiary/aromatic N) is 10. The summed E-state index contributed by atoms with van der Waals surface area (Å²) in [4.78, 5) is 144. The second-order valence-corrected chi connectivity index (χ2v) is 21.2. The number of rotatable bonds is 37. The predicted molar refractivity (Wildman–Crippen MR) is 321 cm³/mol. The summed E-state index contributed by atoms with van der Waals surface area (Å²) in [5.74, 6) is -3.68. The number of carbonyl (C=O) groups is 10. The third-order valence-electron chi connectivity index (χ3n) is 14.6. The van der Waals surface area contributed by atoms with Crippen molar-refractivity contribution in [3.8, 4) is 0 Å². The van der Waals surface area contributed by atoms with Crippen molar-refractivity contribution in [2.75, 3.05) is 278 Å². The number of carboxylic acids is 2. The lowest BCUT2D eigenvalue weighted by Gasteiger charge is -2.33. The molecule has 0 aromatic carbocycles. The van der Waals surface area contributed by atoms with E-state index in [-0.39, 0.29) is 152 Å². The first-order chi connectivity index (χ1) is 41.3. The molecule has 32 nitrogen and oxygen atoms in total. The molecule has 0 aliphatic carbocycles. The largest absolute Gasteiger partial charge is 0.480 e. The number of amides is 8. The SMILES string of the molecule is CNC(=O)CN1CCN(CCCNC(=O)CN(CCOCCOCCN(CC(=O)O)CC(=O)NCCCN2CCN(CC(=O)NC)CCN(CC(=O)NC)CCN(CC(=O)NC)CC2)CC(=O)O)CCN(CC(=O)NC)CCN(CC(=O)NC)CC1. The van der Waals surface area contributed by atoms with E-state index in [4.69, 9.17) is 9.47 Å². The molecule has 0 bridgehead atoms. The van der Waals surface area contributed by atoms with Crippen LogP contribution in [0.3, 0.4) is 0 Å². The Kier molecular flexibility index (Phi) is 41.2. The highest BCUT2D eigenvalue weighted by atomic mass is 16.5. The van der Waals surface area contributed by atoms with Crippen molar-refractivity contribution in [3.05, 3.63) is 0 Å². The average Bonchev–Trinajstić information content (AvgIpc) is 3.69. The summed E-state index contributed by atoms with van der Waals surface area (Å²) in [6.45, 7) is 11.7. The van der Waals surface area contributed by atoms with Crippen LogP contribution in [0.2, 0.25) is 0 Å². The summed E-state index contributed by atoms with van der Waals surface area (Å²) < 4.78 is 11.4. The van der Waals surface area contributed by atoms with Crippen LogP contribution in [0.15, 0.2) is 0 Å². The van der Waals surface area contributed by atoms with E-state index in [1.165, 1.54) is 9.80 Å². The maximum absolute atomic E-state index is 13.1. The molecule has 0 saturated carbocycles. The Balaban J connectivity index is 1.84. The zero-order valence-electron chi connectivity index (χ0n) is 52.1. The first-order valence-electron chi connectivity index (χ1n) is 29.9. The topological polar surface area (TPSA) is 358 Å². The van der Waals surface area contributed by atoms with Crippen molar-refractivity contribution >= 4 is 59.2 Å². The molecule has 2 rings (SSSR count). The molecule has 0 radical (unpaired) electrons. The summed E-state index contributed by atoms with van der Waals surface area (Å²) in [5.41, 5.74) is 0. The minimum absolute atomic E-state index is 0.106. The van der Waals surface area contributed by atoms with Gasteiger partial charge in [0.2, 0.25) is 47.3 Å². The van der Waals surface area contributed by atoms with Gasteiger partial charge in [0.05, 0.1) is 91.9 Å². The third-order valence-corrected chi connectivity index (χ3v) is 14.6. The Bertz CT molecular complexity index is 1830. The number of nitrogens with one attached hydrogen (secondary N) is 8. The van der Waals surface area contributed by atoms with Gasteiger partial charge in [-0.25, -0.2) is 0 Å². The number of hydrogen-bond donors (Lipinski definition) is 10. The van der Waals surface area contributed by atoms with Crippen molar-refractivity contribution < 1.29 is 67.6 Å². The second-order valence-electron chi connectivity index (χ2n) is 21.2. The monoisotopic (exact) mass is 1230 g/mol. The van der Waals surface area contributed by atoms with Gasteiger partial charge in [0.15, 0.2) is 0 Å². The van der Waals surface area contributed by atoms with Crippen LogP contribution in [0.5, 0.6) is 0 Å². The van der Waals surface area contributed by atoms with Gasteiger partial charge in [-0.1, -0.05) is 0 Å². The highest BCUT2D eigenvalue weighted by Gasteiger charge is 2.24. The summed E-state index contributed by atoms with van der Waals surface area (Å²) in [7, 11) is 9.52. The van der Waals surface area contributed by atoms with E-state index in [0.717, 1.165) is 0 Å². The van der Waals surface area contributed by atoms with E-state index in [1.54, 1.807) is 42.3 Å². The molecular weight excluding hydrogens is 1120 g/mol. The van der Waals surface area contributed by atoms with Crippen LogP contribution in [0.4, 0.5) is 0 Å². The molecule has 494 valence electrons. The number of aliphatic carboxylic acids is 2. The minimum atomic E-state index is -1.11. The normalized spacial score (nSPS) is 16.8. The van der Waals surface area contributed by atoms with Crippen molar-refractivity contribution in [3.63, 3.8) is 0 Å². The van der Waals surface area contributed by atoms with Gasteiger partial charge in [0.25, 0.3) is 0 Å². The molecule has 2 saturated heterocycles. The van der Waals surface area contributed by atoms with Gasteiger partial charge >= 0.3 is 11.9 Å².